The zero-order valence-corrected chi connectivity index (χ0v) is 7.23. The Kier molecular flexibility index (Phi) is 1.59. The fraction of sp³-hybridized carbons (Fsp3) is 0.100. The second-order valence-corrected chi connectivity index (χ2v) is 2.82. The number of nitrogens with zero attached hydrogens (tertiary/aromatic N) is 1. The van der Waals surface area contributed by atoms with Crippen LogP contribution in [-0.2, 0) is 0 Å². The highest BCUT2D eigenvalue weighted by Gasteiger charge is 2.25. The average Bonchev–Trinajstić information content (AvgIpc) is 2.41. The summed E-state index contributed by atoms with van der Waals surface area (Å²) in [6.45, 7) is 1.75. The van der Waals surface area contributed by atoms with Gasteiger partial charge in [0.05, 0.1) is 0 Å². The van der Waals surface area contributed by atoms with Crippen molar-refractivity contribution in [3.63, 3.8) is 0 Å². The van der Waals surface area contributed by atoms with Crippen molar-refractivity contribution in [1.29, 1.82) is 0 Å². The fourth-order valence-corrected chi connectivity index (χ4v) is 1.48. The largest absolute Gasteiger partial charge is 0.459 e. The molecule has 1 aliphatic rings. The normalized spacial score (nSPS) is 14.7. The molecule has 2 N–H and O–H groups in total. The summed E-state index contributed by atoms with van der Waals surface area (Å²) >= 11 is 0. The maximum absolute atomic E-state index is 9.64. The van der Waals surface area contributed by atoms with Crippen LogP contribution < -0.4 is 10.4 Å². The summed E-state index contributed by atoms with van der Waals surface area (Å²) in [5.41, 5.74) is 0. The van der Waals surface area contributed by atoms with Crippen molar-refractivity contribution in [2.24, 2.45) is 0 Å². The Morgan fingerprint density at radius 3 is 1.92 bits per heavy atom. The molecule has 1 heterocycles. The molecule has 0 saturated carbocycles. The van der Waals surface area contributed by atoms with Crippen LogP contribution in [0.3, 0.4) is 0 Å². The molecule has 0 radical (unpaired) electrons. The van der Waals surface area contributed by atoms with Gasteiger partial charge in [0, 0.05) is 6.92 Å². The lowest BCUT2D eigenvalue weighted by atomic mass is 10.3. The van der Waals surface area contributed by atoms with Gasteiger partial charge in [-0.15, -0.1) is 0 Å². The summed E-state index contributed by atoms with van der Waals surface area (Å²) in [5.74, 6) is 0.159. The van der Waals surface area contributed by atoms with Gasteiger partial charge in [-0.3, -0.25) is 0 Å². The van der Waals surface area contributed by atoms with E-state index < -0.39 is 0 Å². The minimum Gasteiger partial charge on any atom is -0.459 e. The molecule has 2 rings (SSSR count). The van der Waals surface area contributed by atoms with E-state index in [9.17, 15) is 10.2 Å². The standard InChI is InChI=1S/C10H9NO2/c1-2-11-9(12)7-5-3-4-6-8(7)10(11)13/h2-6H,1H3,(H-,12,13)/p+1. The molecule has 0 aliphatic carbocycles. The summed E-state index contributed by atoms with van der Waals surface area (Å²) in [6, 6.07) is 7.18. The monoisotopic (exact) mass is 176 g/mol. The highest BCUT2D eigenvalue weighted by molar-refractivity contribution is 5.57. The van der Waals surface area contributed by atoms with E-state index in [-0.39, 0.29) is 11.8 Å². The molecule has 1 aromatic carbocycles. The van der Waals surface area contributed by atoms with Crippen LogP contribution in [0.15, 0.2) is 24.3 Å². The van der Waals surface area contributed by atoms with Gasteiger partial charge < -0.3 is 10.2 Å². The number of aliphatic hydroxyl groups excluding tert-OH is 2. The molecular weight excluding hydrogens is 166 g/mol. The van der Waals surface area contributed by atoms with Crippen molar-refractivity contribution in [2.45, 2.75) is 6.92 Å². The molecule has 0 bridgehead atoms. The van der Waals surface area contributed by atoms with E-state index >= 15 is 0 Å². The van der Waals surface area contributed by atoms with Crippen LogP contribution in [0.5, 0.6) is 0 Å². The Morgan fingerprint density at radius 1 is 1.08 bits per heavy atom. The number of hydrogen-bond donors (Lipinski definition) is 2. The van der Waals surface area contributed by atoms with E-state index in [2.05, 4.69) is 0 Å². The molecular formula is C10H10NO2+. The first kappa shape index (κ1) is 7.86. The molecule has 0 spiro atoms. The first-order chi connectivity index (χ1) is 6.25. The molecule has 0 fully saturated rings. The summed E-state index contributed by atoms with van der Waals surface area (Å²) < 4.78 is 1.35. The lowest BCUT2D eigenvalue weighted by Crippen LogP contribution is -2.23. The van der Waals surface area contributed by atoms with E-state index in [0.717, 1.165) is 0 Å². The zero-order valence-electron chi connectivity index (χ0n) is 7.23. The number of rotatable bonds is 0. The summed E-state index contributed by atoms with van der Waals surface area (Å²) in [7, 11) is 0. The van der Waals surface area contributed by atoms with Gasteiger partial charge in [0.2, 0.25) is 0 Å². The predicted octanol–water partition coefficient (Wildman–Crippen LogP) is 0.0508. The first-order valence-corrected chi connectivity index (χ1v) is 4.06. The SMILES string of the molecule is CC=[N+]1C(O)=c2ccccc2=C1O. The molecule has 1 aliphatic heterocycles. The van der Waals surface area contributed by atoms with Gasteiger partial charge in [-0.2, -0.15) is 0 Å². The fourth-order valence-electron chi connectivity index (χ4n) is 1.48. The Balaban J connectivity index is 2.98. The molecule has 0 amide bonds. The maximum atomic E-state index is 9.64. The van der Waals surface area contributed by atoms with Crippen molar-refractivity contribution >= 4 is 18.0 Å². The topological polar surface area (TPSA) is 43.5 Å². The number of benzene rings is 1. The van der Waals surface area contributed by atoms with E-state index in [1.54, 1.807) is 25.3 Å². The molecule has 0 unspecified atom stereocenters. The predicted molar refractivity (Wildman–Crippen MR) is 49.8 cm³/mol. The second kappa shape index (κ2) is 2.62. The summed E-state index contributed by atoms with van der Waals surface area (Å²) in [4.78, 5) is 0. The smallest absolute Gasteiger partial charge is 0.382 e. The van der Waals surface area contributed by atoms with Crippen molar-refractivity contribution < 1.29 is 14.8 Å². The van der Waals surface area contributed by atoms with Crippen LogP contribution in [0.1, 0.15) is 6.92 Å². The Bertz CT molecular complexity index is 457. The number of fused-ring (bicyclic) bond motifs is 1. The third-order valence-corrected chi connectivity index (χ3v) is 2.12. The molecule has 13 heavy (non-hydrogen) atoms. The van der Waals surface area contributed by atoms with Gasteiger partial charge in [-0.25, -0.2) is 0 Å². The minimum atomic E-state index is 0.0793. The van der Waals surface area contributed by atoms with Gasteiger partial charge in [-0.05, 0) is 12.1 Å². The Hall–Kier alpha value is -1.77. The van der Waals surface area contributed by atoms with Crippen molar-refractivity contribution in [3.05, 3.63) is 34.7 Å². The van der Waals surface area contributed by atoms with E-state index in [1.165, 1.54) is 4.58 Å². The lowest BCUT2D eigenvalue weighted by molar-refractivity contribution is -0.375. The van der Waals surface area contributed by atoms with Crippen molar-refractivity contribution in [1.82, 2.24) is 0 Å². The molecule has 0 saturated heterocycles. The second-order valence-electron chi connectivity index (χ2n) is 2.82. The van der Waals surface area contributed by atoms with Crippen LogP contribution >= 0.6 is 0 Å². The highest BCUT2D eigenvalue weighted by atomic mass is 16.3. The lowest BCUT2D eigenvalue weighted by Gasteiger charge is -1.89. The number of aliphatic hydroxyl groups is 2. The maximum Gasteiger partial charge on any atom is 0.382 e. The molecule has 3 heteroatoms. The first-order valence-electron chi connectivity index (χ1n) is 4.06. The minimum absolute atomic E-state index is 0.0793. The highest BCUT2D eigenvalue weighted by Crippen LogP contribution is 2.02. The molecule has 3 nitrogen and oxygen atoms in total. The van der Waals surface area contributed by atoms with Crippen LogP contribution in [0.2, 0.25) is 0 Å². The molecule has 1 aromatic rings. The summed E-state index contributed by atoms with van der Waals surface area (Å²) in [5, 5.41) is 20.6. The van der Waals surface area contributed by atoms with Crippen molar-refractivity contribution in [2.75, 3.05) is 0 Å². The third kappa shape index (κ3) is 0.935. The Labute approximate surface area is 75.2 Å². The number of hydrogen-bond acceptors (Lipinski definition) is 2. The third-order valence-electron chi connectivity index (χ3n) is 2.12. The van der Waals surface area contributed by atoms with Gasteiger partial charge >= 0.3 is 11.8 Å². The zero-order chi connectivity index (χ0) is 9.42. The van der Waals surface area contributed by atoms with E-state index in [1.807, 2.05) is 12.1 Å². The molecule has 66 valence electrons. The summed E-state index contributed by atoms with van der Waals surface area (Å²) in [6.07, 6.45) is 1.62. The quantitative estimate of drug-likeness (QED) is 0.548. The van der Waals surface area contributed by atoms with Crippen LogP contribution in [0, 0.1) is 0 Å². The van der Waals surface area contributed by atoms with Gasteiger partial charge in [-0.1, -0.05) is 16.7 Å². The van der Waals surface area contributed by atoms with E-state index in [4.69, 9.17) is 0 Å². The molecule has 0 atom stereocenters. The van der Waals surface area contributed by atoms with Gasteiger partial charge in [0.1, 0.15) is 10.4 Å². The van der Waals surface area contributed by atoms with Crippen LogP contribution in [-0.4, -0.2) is 21.0 Å². The van der Waals surface area contributed by atoms with Crippen LogP contribution in [0.25, 0.3) is 11.8 Å². The molecule has 0 aromatic heterocycles. The Morgan fingerprint density at radius 2 is 1.54 bits per heavy atom. The average molecular weight is 176 g/mol. The van der Waals surface area contributed by atoms with Gasteiger partial charge in [0.15, 0.2) is 6.21 Å². The van der Waals surface area contributed by atoms with Gasteiger partial charge in [0.25, 0.3) is 0 Å². The van der Waals surface area contributed by atoms with Crippen LogP contribution in [0.4, 0.5) is 0 Å². The van der Waals surface area contributed by atoms with Crippen molar-refractivity contribution in [3.8, 4) is 0 Å². The van der Waals surface area contributed by atoms with E-state index in [0.29, 0.717) is 10.4 Å².